The van der Waals surface area contributed by atoms with Crippen molar-refractivity contribution in [3.63, 3.8) is 0 Å². The molecule has 1 aromatic rings. The van der Waals surface area contributed by atoms with E-state index < -0.39 is 27.6 Å². The Morgan fingerprint density at radius 3 is 2.68 bits per heavy atom. The summed E-state index contributed by atoms with van der Waals surface area (Å²) in [5.74, 6) is -2.25. The molecule has 28 heavy (non-hydrogen) atoms. The summed E-state index contributed by atoms with van der Waals surface area (Å²) in [4.78, 5) is 51.3. The van der Waals surface area contributed by atoms with Crippen LogP contribution in [0.2, 0.25) is 0 Å². The van der Waals surface area contributed by atoms with Crippen molar-refractivity contribution in [1.82, 2.24) is 4.90 Å². The van der Waals surface area contributed by atoms with Gasteiger partial charge in [-0.25, -0.2) is 0 Å². The smallest absolute Gasteiger partial charge is 0.315 e. The summed E-state index contributed by atoms with van der Waals surface area (Å²) in [5.41, 5.74) is -0.929. The Hall–Kier alpha value is -2.14. The molecule has 9 nitrogen and oxygen atoms in total. The normalized spacial score (nSPS) is 28.9. The Morgan fingerprint density at radius 1 is 1.46 bits per heavy atom. The van der Waals surface area contributed by atoms with Gasteiger partial charge in [-0.1, -0.05) is 0 Å². The molecule has 2 unspecified atom stereocenters. The van der Waals surface area contributed by atoms with E-state index in [9.17, 15) is 24.3 Å². The Morgan fingerprint density at radius 2 is 2.18 bits per heavy atom. The number of esters is 1. The summed E-state index contributed by atoms with van der Waals surface area (Å²) in [5, 5.41) is 9.76. The molecule has 1 aromatic heterocycles. The molecule has 2 aliphatic heterocycles. The molecule has 2 amide bonds. The lowest BCUT2D eigenvalue weighted by atomic mass is 9.87. The number of rotatable bonds is 6. The van der Waals surface area contributed by atoms with Gasteiger partial charge in [0.1, 0.15) is 18.3 Å². The predicted molar refractivity (Wildman–Crippen MR) is 103 cm³/mol. The van der Waals surface area contributed by atoms with Crippen LogP contribution >= 0.6 is 23.5 Å². The van der Waals surface area contributed by atoms with Crippen molar-refractivity contribution in [2.24, 2.45) is 5.41 Å². The summed E-state index contributed by atoms with van der Waals surface area (Å²) in [6.45, 7) is 2.16. The van der Waals surface area contributed by atoms with Gasteiger partial charge in [0, 0.05) is 32.2 Å². The van der Waals surface area contributed by atoms with E-state index in [-0.39, 0.29) is 30.7 Å². The van der Waals surface area contributed by atoms with Crippen LogP contribution in [0.25, 0.3) is 0 Å². The molecule has 3 atom stereocenters. The number of thioether (sulfide) groups is 2. The zero-order valence-corrected chi connectivity index (χ0v) is 17.2. The number of carbonyl (C=O) groups excluding carboxylic acids is 3. The standard InChI is InChI=1S/C17H20N2O7S2/c1-10(20)19(12-4-5-25-6-12)13-14(22)18-7-16(15(23)24,8-26-11(2)21)9-28-17(13,18)27-3/h4-6,13H,7-9H2,1-3H3,(H,23,24)/t13?,16?,17-/m1/s1. The number of carboxylic acids is 1. The van der Waals surface area contributed by atoms with Gasteiger partial charge >= 0.3 is 11.9 Å². The van der Waals surface area contributed by atoms with Crippen LogP contribution in [0.1, 0.15) is 13.8 Å². The molecule has 1 N–H and O–H groups in total. The number of hydrogen-bond donors (Lipinski definition) is 1. The first-order valence-electron chi connectivity index (χ1n) is 8.38. The highest BCUT2D eigenvalue weighted by atomic mass is 32.2. The molecular formula is C17H20N2O7S2. The van der Waals surface area contributed by atoms with Crippen LogP contribution in [-0.4, -0.2) is 69.2 Å². The molecule has 0 radical (unpaired) electrons. The SMILES string of the molecule is CS[C@]12SCC(COC(C)=O)(C(=O)O)CN1C(=O)C2N(C(C)=O)c1ccoc1. The molecule has 3 rings (SSSR count). The summed E-state index contributed by atoms with van der Waals surface area (Å²) < 4.78 is 9.21. The van der Waals surface area contributed by atoms with Crippen molar-refractivity contribution in [2.75, 3.05) is 30.1 Å². The van der Waals surface area contributed by atoms with Crippen LogP contribution in [-0.2, 0) is 23.9 Å². The molecule has 152 valence electrons. The molecule has 0 saturated carbocycles. The third-order valence-corrected chi connectivity index (χ3v) is 8.35. The van der Waals surface area contributed by atoms with Gasteiger partial charge < -0.3 is 19.2 Å². The molecule has 0 bridgehead atoms. The monoisotopic (exact) mass is 428 g/mol. The number of aliphatic carboxylic acids is 1. The second kappa shape index (κ2) is 7.36. The summed E-state index contributed by atoms with van der Waals surface area (Å²) in [7, 11) is 0. The van der Waals surface area contributed by atoms with Crippen molar-refractivity contribution in [3.8, 4) is 0 Å². The van der Waals surface area contributed by atoms with Crippen molar-refractivity contribution < 1.29 is 33.4 Å². The first-order valence-corrected chi connectivity index (χ1v) is 10.6. The minimum atomic E-state index is -1.40. The zero-order chi connectivity index (χ0) is 20.7. The van der Waals surface area contributed by atoms with E-state index in [0.29, 0.717) is 5.69 Å². The van der Waals surface area contributed by atoms with E-state index >= 15 is 0 Å². The van der Waals surface area contributed by atoms with Crippen molar-refractivity contribution >= 4 is 53.0 Å². The highest BCUT2D eigenvalue weighted by Crippen LogP contribution is 2.57. The van der Waals surface area contributed by atoms with E-state index in [4.69, 9.17) is 9.15 Å². The Kier molecular flexibility index (Phi) is 5.41. The minimum Gasteiger partial charge on any atom is -0.481 e. The van der Waals surface area contributed by atoms with Crippen molar-refractivity contribution in [2.45, 2.75) is 24.1 Å². The molecule has 11 heteroatoms. The highest BCUT2D eigenvalue weighted by Gasteiger charge is 2.69. The first-order chi connectivity index (χ1) is 13.2. The van der Waals surface area contributed by atoms with Crippen LogP contribution in [0.15, 0.2) is 23.0 Å². The molecule has 2 fully saturated rings. The number of carboxylic acid groups (broad SMARTS) is 1. The molecular weight excluding hydrogens is 408 g/mol. The van der Waals surface area contributed by atoms with Crippen LogP contribution in [0.5, 0.6) is 0 Å². The van der Waals surface area contributed by atoms with Gasteiger partial charge in [0.25, 0.3) is 5.91 Å². The summed E-state index contributed by atoms with van der Waals surface area (Å²) in [6.07, 6.45) is 4.62. The maximum Gasteiger partial charge on any atom is 0.315 e. The predicted octanol–water partition coefficient (Wildman–Crippen LogP) is 1.24. The second-order valence-electron chi connectivity index (χ2n) is 6.69. The zero-order valence-electron chi connectivity index (χ0n) is 15.5. The van der Waals surface area contributed by atoms with Gasteiger partial charge in [0.15, 0.2) is 10.2 Å². The topological polar surface area (TPSA) is 117 Å². The van der Waals surface area contributed by atoms with Crippen LogP contribution in [0.4, 0.5) is 5.69 Å². The lowest BCUT2D eigenvalue weighted by Gasteiger charge is -2.62. The number of nitrogens with zero attached hydrogens (tertiary/aromatic N) is 2. The van der Waals surface area contributed by atoms with Crippen molar-refractivity contribution in [1.29, 1.82) is 0 Å². The average molecular weight is 428 g/mol. The van der Waals surface area contributed by atoms with E-state index in [0.717, 1.165) is 0 Å². The molecule has 3 heterocycles. The fourth-order valence-corrected chi connectivity index (χ4v) is 6.36. The van der Waals surface area contributed by atoms with Gasteiger partial charge in [-0.05, 0) is 6.26 Å². The van der Waals surface area contributed by atoms with Gasteiger partial charge in [0.05, 0.1) is 12.0 Å². The fourth-order valence-electron chi connectivity index (χ4n) is 3.45. The maximum absolute atomic E-state index is 13.0. The quantitative estimate of drug-likeness (QED) is 0.527. The number of amides is 2. The maximum atomic E-state index is 13.0. The van der Waals surface area contributed by atoms with Gasteiger partial charge in [-0.15, -0.1) is 23.5 Å². The molecule has 2 saturated heterocycles. The van der Waals surface area contributed by atoms with E-state index in [2.05, 4.69) is 0 Å². The average Bonchev–Trinajstić information content (AvgIpc) is 3.17. The van der Waals surface area contributed by atoms with Gasteiger partial charge in [0.2, 0.25) is 5.91 Å². The Balaban J connectivity index is 1.92. The number of anilines is 1. The number of furan rings is 1. The fraction of sp³-hybridized carbons (Fsp3) is 0.529. The number of β-lactam (4-membered cyclic amide) rings is 1. The first kappa shape index (κ1) is 20.6. The highest BCUT2D eigenvalue weighted by molar-refractivity contribution is 8.18. The number of fused-ring (bicyclic) bond motifs is 1. The molecule has 2 aliphatic rings. The molecule has 0 spiro atoms. The second-order valence-corrected chi connectivity index (χ2v) is 9.18. The van der Waals surface area contributed by atoms with Gasteiger partial charge in [-0.2, -0.15) is 0 Å². The number of hydrogen-bond acceptors (Lipinski definition) is 8. The van der Waals surface area contributed by atoms with E-state index in [1.807, 2.05) is 6.26 Å². The van der Waals surface area contributed by atoms with E-state index in [1.165, 1.54) is 59.7 Å². The Labute approximate surface area is 169 Å². The Bertz CT molecular complexity index is 814. The summed E-state index contributed by atoms with van der Waals surface area (Å²) in [6, 6.07) is 0.810. The van der Waals surface area contributed by atoms with Crippen LogP contribution in [0.3, 0.4) is 0 Å². The van der Waals surface area contributed by atoms with Gasteiger partial charge in [-0.3, -0.25) is 24.1 Å². The lowest BCUT2D eigenvalue weighted by molar-refractivity contribution is -0.165. The third-order valence-electron chi connectivity index (χ3n) is 4.92. The molecule has 0 aromatic carbocycles. The largest absolute Gasteiger partial charge is 0.481 e. The van der Waals surface area contributed by atoms with Crippen LogP contribution in [0, 0.1) is 5.41 Å². The number of carbonyl (C=O) groups is 4. The number of ether oxygens (including phenoxy) is 1. The molecule has 0 aliphatic carbocycles. The van der Waals surface area contributed by atoms with Crippen molar-refractivity contribution in [3.05, 3.63) is 18.6 Å². The van der Waals surface area contributed by atoms with E-state index in [1.54, 1.807) is 6.07 Å². The van der Waals surface area contributed by atoms with Crippen LogP contribution < -0.4 is 4.90 Å². The summed E-state index contributed by atoms with van der Waals surface area (Å²) >= 11 is 2.65. The lowest BCUT2D eigenvalue weighted by Crippen LogP contribution is -2.80. The third kappa shape index (κ3) is 3.06. The minimum absolute atomic E-state index is 0.101.